The van der Waals surface area contributed by atoms with Crippen LogP contribution in [0.4, 0.5) is 0 Å². The van der Waals surface area contributed by atoms with E-state index in [1.54, 1.807) is 19.1 Å². The summed E-state index contributed by atoms with van der Waals surface area (Å²) in [6, 6.07) is 11.3. The summed E-state index contributed by atoms with van der Waals surface area (Å²) < 4.78 is 5.65. The van der Waals surface area contributed by atoms with Crippen molar-refractivity contribution in [1.29, 1.82) is 0 Å². The number of rotatable bonds is 6. The van der Waals surface area contributed by atoms with Crippen molar-refractivity contribution < 1.29 is 14.3 Å². The molecule has 184 valence electrons. The molecule has 1 heterocycles. The maximum atomic E-state index is 13.4. The number of likely N-dealkylation sites (tertiary alicyclic amines) is 1. The molecule has 0 N–H and O–H groups in total. The highest BCUT2D eigenvalue weighted by Gasteiger charge is 2.39. The summed E-state index contributed by atoms with van der Waals surface area (Å²) in [5.74, 6) is 0.395. The number of ether oxygens (including phenoxy) is 1. The van der Waals surface area contributed by atoms with Crippen LogP contribution in [0.5, 0.6) is 5.75 Å². The third-order valence-electron chi connectivity index (χ3n) is 6.81. The molecule has 0 aromatic heterocycles. The second-order valence-electron chi connectivity index (χ2n) is 8.88. The van der Waals surface area contributed by atoms with E-state index in [1.807, 2.05) is 30.1 Å². The van der Waals surface area contributed by atoms with E-state index in [-0.39, 0.29) is 42.8 Å². The van der Waals surface area contributed by atoms with E-state index in [0.717, 1.165) is 42.6 Å². The number of likely N-dealkylation sites (N-methyl/N-ethyl adjacent to an activating group) is 1. The van der Waals surface area contributed by atoms with E-state index in [4.69, 9.17) is 27.9 Å². The molecule has 2 atom stereocenters. The molecule has 1 amide bonds. The Balaban J connectivity index is 0.00000324. The minimum Gasteiger partial charge on any atom is -0.426 e. The van der Waals surface area contributed by atoms with Crippen molar-refractivity contribution >= 4 is 47.5 Å². The van der Waals surface area contributed by atoms with Gasteiger partial charge in [0.25, 0.3) is 0 Å². The Hall–Kier alpha value is -1.79. The molecule has 4 rings (SSSR count). The molecule has 34 heavy (non-hydrogen) atoms. The SMILES string of the molecule is CCC(=O)Oc1cccc2c1CC[C@H](N1CCCC1)[C@H]2N(C)C(=O)Cc1ccc(Cl)c(Cl)c1.Cl. The first-order valence-electron chi connectivity index (χ1n) is 11.6. The van der Waals surface area contributed by atoms with E-state index in [0.29, 0.717) is 22.2 Å². The largest absolute Gasteiger partial charge is 0.426 e. The van der Waals surface area contributed by atoms with Crippen LogP contribution in [0.15, 0.2) is 36.4 Å². The zero-order valence-corrected chi connectivity index (χ0v) is 21.9. The van der Waals surface area contributed by atoms with Crippen molar-refractivity contribution in [2.75, 3.05) is 20.1 Å². The monoisotopic (exact) mass is 524 g/mol. The minimum atomic E-state index is -0.245. The summed E-state index contributed by atoms with van der Waals surface area (Å²) >= 11 is 12.2. The van der Waals surface area contributed by atoms with E-state index in [9.17, 15) is 9.59 Å². The Labute approximate surface area is 217 Å². The van der Waals surface area contributed by atoms with E-state index in [1.165, 1.54) is 12.8 Å². The van der Waals surface area contributed by atoms with Gasteiger partial charge in [-0.2, -0.15) is 0 Å². The van der Waals surface area contributed by atoms with Crippen LogP contribution in [0.25, 0.3) is 0 Å². The number of carbonyl (C=O) groups excluding carboxylic acids is 2. The maximum absolute atomic E-state index is 13.4. The van der Waals surface area contributed by atoms with Gasteiger partial charge in [-0.05, 0) is 68.1 Å². The van der Waals surface area contributed by atoms with E-state index in [2.05, 4.69) is 11.0 Å². The number of esters is 1. The summed E-state index contributed by atoms with van der Waals surface area (Å²) in [5, 5.41) is 0.927. The molecule has 0 bridgehead atoms. The molecule has 0 spiro atoms. The smallest absolute Gasteiger partial charge is 0.310 e. The summed E-state index contributed by atoms with van der Waals surface area (Å²) in [6.07, 6.45) is 4.69. The van der Waals surface area contributed by atoms with Crippen molar-refractivity contribution in [2.24, 2.45) is 0 Å². The molecule has 1 aliphatic heterocycles. The lowest BCUT2D eigenvalue weighted by Gasteiger charge is -2.44. The zero-order valence-electron chi connectivity index (χ0n) is 19.6. The quantitative estimate of drug-likeness (QED) is 0.349. The molecule has 1 aliphatic carbocycles. The first-order valence-corrected chi connectivity index (χ1v) is 12.4. The van der Waals surface area contributed by atoms with Crippen LogP contribution < -0.4 is 4.74 Å². The fourth-order valence-corrected chi connectivity index (χ4v) is 5.42. The van der Waals surface area contributed by atoms with Crippen molar-refractivity contribution in [1.82, 2.24) is 9.80 Å². The van der Waals surface area contributed by atoms with Gasteiger partial charge < -0.3 is 9.64 Å². The third kappa shape index (κ3) is 5.71. The minimum absolute atomic E-state index is 0. The zero-order chi connectivity index (χ0) is 23.5. The molecule has 0 radical (unpaired) electrons. The van der Waals surface area contributed by atoms with Crippen LogP contribution in [-0.4, -0.2) is 47.9 Å². The molecule has 0 unspecified atom stereocenters. The molecule has 8 heteroatoms. The fourth-order valence-electron chi connectivity index (χ4n) is 5.10. The van der Waals surface area contributed by atoms with Crippen LogP contribution >= 0.6 is 35.6 Å². The average molecular weight is 526 g/mol. The number of fused-ring (bicyclic) bond motifs is 1. The summed E-state index contributed by atoms with van der Waals surface area (Å²) in [7, 11) is 1.88. The number of hydrogen-bond donors (Lipinski definition) is 0. The normalized spacial score (nSPS) is 19.8. The van der Waals surface area contributed by atoms with Crippen LogP contribution in [0, 0.1) is 0 Å². The topological polar surface area (TPSA) is 49.9 Å². The highest BCUT2D eigenvalue weighted by atomic mass is 35.5. The first kappa shape index (κ1) is 26.8. The van der Waals surface area contributed by atoms with Crippen molar-refractivity contribution in [3.8, 4) is 5.75 Å². The predicted octanol–water partition coefficient (Wildman–Crippen LogP) is 5.88. The third-order valence-corrected chi connectivity index (χ3v) is 7.55. The van der Waals surface area contributed by atoms with Gasteiger partial charge in [0.05, 0.1) is 22.5 Å². The standard InChI is InChI=1S/C26H30Cl2N2O3.ClH/c1-3-25(32)33-23-8-6-7-19-18(23)10-12-22(30-13-4-5-14-30)26(19)29(2)24(31)16-17-9-11-20(27)21(28)15-17;/h6-9,11,15,22,26H,3-5,10,12-14,16H2,1-2H3;1H/t22-,26-;/m0./s1. The number of hydrogen-bond acceptors (Lipinski definition) is 4. The number of benzene rings is 2. The molecular weight excluding hydrogens is 495 g/mol. The van der Waals surface area contributed by atoms with E-state index >= 15 is 0 Å². The number of carbonyl (C=O) groups is 2. The number of nitrogens with zero attached hydrogens (tertiary/aromatic N) is 2. The van der Waals surface area contributed by atoms with Gasteiger partial charge in [-0.3, -0.25) is 14.5 Å². The molecule has 1 saturated heterocycles. The lowest BCUT2D eigenvalue weighted by Crippen LogP contribution is -2.48. The van der Waals surface area contributed by atoms with Gasteiger partial charge in [0.1, 0.15) is 5.75 Å². The Morgan fingerprint density at radius 2 is 1.85 bits per heavy atom. The fraction of sp³-hybridized carbons (Fsp3) is 0.462. The number of amides is 1. The Kier molecular flexibility index (Phi) is 9.27. The van der Waals surface area contributed by atoms with Gasteiger partial charge in [0, 0.05) is 25.1 Å². The lowest BCUT2D eigenvalue weighted by molar-refractivity contribution is -0.135. The molecule has 2 aliphatic rings. The predicted molar refractivity (Wildman–Crippen MR) is 138 cm³/mol. The Morgan fingerprint density at radius 1 is 1.12 bits per heavy atom. The van der Waals surface area contributed by atoms with Crippen molar-refractivity contribution in [2.45, 2.75) is 57.5 Å². The highest BCUT2D eigenvalue weighted by Crippen LogP contribution is 2.41. The van der Waals surface area contributed by atoms with Crippen molar-refractivity contribution in [3.05, 3.63) is 63.1 Å². The van der Waals surface area contributed by atoms with Gasteiger partial charge >= 0.3 is 5.97 Å². The van der Waals surface area contributed by atoms with E-state index < -0.39 is 0 Å². The molecule has 2 aromatic rings. The highest BCUT2D eigenvalue weighted by molar-refractivity contribution is 6.42. The first-order chi connectivity index (χ1) is 15.9. The van der Waals surface area contributed by atoms with Gasteiger partial charge in [-0.1, -0.05) is 48.3 Å². The van der Waals surface area contributed by atoms with Crippen LogP contribution in [0.2, 0.25) is 10.0 Å². The van der Waals surface area contributed by atoms with Crippen molar-refractivity contribution in [3.63, 3.8) is 0 Å². The number of halogens is 3. The second kappa shape index (κ2) is 11.8. The van der Waals surface area contributed by atoms with Crippen LogP contribution in [0.1, 0.15) is 55.3 Å². The summed E-state index contributed by atoms with van der Waals surface area (Å²) in [5.41, 5.74) is 2.94. The lowest BCUT2D eigenvalue weighted by atomic mass is 9.81. The Morgan fingerprint density at radius 3 is 2.53 bits per heavy atom. The van der Waals surface area contributed by atoms with Crippen LogP contribution in [0.3, 0.4) is 0 Å². The van der Waals surface area contributed by atoms with Crippen LogP contribution in [-0.2, 0) is 22.4 Å². The summed E-state index contributed by atoms with van der Waals surface area (Å²) in [4.78, 5) is 29.8. The van der Waals surface area contributed by atoms with Gasteiger partial charge in [0.15, 0.2) is 0 Å². The summed E-state index contributed by atoms with van der Waals surface area (Å²) in [6.45, 7) is 3.89. The van der Waals surface area contributed by atoms with Gasteiger partial charge in [-0.15, -0.1) is 12.4 Å². The van der Waals surface area contributed by atoms with Gasteiger partial charge in [0.2, 0.25) is 5.91 Å². The molecule has 0 saturated carbocycles. The van der Waals surface area contributed by atoms with Gasteiger partial charge in [-0.25, -0.2) is 0 Å². The second-order valence-corrected chi connectivity index (χ2v) is 9.69. The molecule has 1 fully saturated rings. The molecular formula is C26H31Cl3N2O3. The average Bonchev–Trinajstić information content (AvgIpc) is 3.35. The molecule has 2 aromatic carbocycles. The molecule has 5 nitrogen and oxygen atoms in total. The maximum Gasteiger partial charge on any atom is 0.310 e. The Bertz CT molecular complexity index is 1040.